The molecule has 1 N–H and O–H groups in total. The minimum absolute atomic E-state index is 0.179. The molecule has 0 bridgehead atoms. The first-order valence-corrected chi connectivity index (χ1v) is 5.61. The van der Waals surface area contributed by atoms with E-state index < -0.39 is 0 Å². The van der Waals surface area contributed by atoms with Gasteiger partial charge in [-0.25, -0.2) is 4.98 Å². The van der Waals surface area contributed by atoms with Crippen LogP contribution in [0, 0.1) is 0 Å². The summed E-state index contributed by atoms with van der Waals surface area (Å²) >= 11 is 0. The highest BCUT2D eigenvalue weighted by atomic mass is 16.5. The molecule has 3 heterocycles. The van der Waals surface area contributed by atoms with Gasteiger partial charge in [-0.15, -0.1) is 0 Å². The zero-order valence-corrected chi connectivity index (χ0v) is 9.43. The second-order valence-electron chi connectivity index (χ2n) is 4.38. The molecule has 1 aromatic heterocycles. The maximum Gasteiger partial charge on any atom is 0.241 e. The van der Waals surface area contributed by atoms with E-state index in [1.807, 2.05) is 0 Å². The van der Waals surface area contributed by atoms with Crippen molar-refractivity contribution in [2.24, 2.45) is 0 Å². The summed E-state index contributed by atoms with van der Waals surface area (Å²) in [5.74, 6) is 1.13. The molecule has 2 aliphatic rings. The van der Waals surface area contributed by atoms with Gasteiger partial charge in [-0.05, 0) is 19.8 Å². The van der Waals surface area contributed by atoms with Crippen LogP contribution in [0.25, 0.3) is 0 Å². The van der Waals surface area contributed by atoms with Gasteiger partial charge in [-0.3, -0.25) is 0 Å². The Hall–Kier alpha value is -1.36. The minimum atomic E-state index is 0.179. The highest BCUT2D eigenvalue weighted by Gasteiger charge is 2.40. The summed E-state index contributed by atoms with van der Waals surface area (Å²) in [6, 6.07) is 0.705. The molecule has 0 saturated carbocycles. The Morgan fingerprint density at radius 2 is 2.38 bits per heavy atom. The van der Waals surface area contributed by atoms with Crippen LogP contribution in [-0.2, 0) is 0 Å². The van der Waals surface area contributed by atoms with Gasteiger partial charge in [0.05, 0.1) is 19.3 Å². The molecule has 2 aliphatic heterocycles. The lowest BCUT2D eigenvalue weighted by atomic mass is 9.96. The Bertz CT molecular complexity index is 410. The summed E-state index contributed by atoms with van der Waals surface area (Å²) < 4.78 is 10.8. The van der Waals surface area contributed by atoms with E-state index in [1.54, 1.807) is 13.3 Å². The van der Waals surface area contributed by atoms with E-state index in [1.165, 1.54) is 0 Å². The van der Waals surface area contributed by atoms with Gasteiger partial charge in [0.2, 0.25) is 11.8 Å². The van der Waals surface area contributed by atoms with Crippen molar-refractivity contribution in [1.29, 1.82) is 0 Å². The predicted molar refractivity (Wildman–Crippen MR) is 57.6 cm³/mol. The smallest absolute Gasteiger partial charge is 0.241 e. The van der Waals surface area contributed by atoms with Gasteiger partial charge in [0.15, 0.2) is 0 Å². The van der Waals surface area contributed by atoms with Gasteiger partial charge in [-0.1, -0.05) is 0 Å². The predicted octanol–water partition coefficient (Wildman–Crippen LogP) is 1.06. The molecule has 0 radical (unpaired) electrons. The molecule has 3 rings (SSSR count). The van der Waals surface area contributed by atoms with Gasteiger partial charge < -0.3 is 14.8 Å². The van der Waals surface area contributed by atoms with E-state index in [0.29, 0.717) is 17.8 Å². The number of nitrogens with zero attached hydrogens (tertiary/aromatic N) is 2. The van der Waals surface area contributed by atoms with Crippen molar-refractivity contribution in [2.45, 2.75) is 38.0 Å². The molecule has 0 aromatic carbocycles. The van der Waals surface area contributed by atoms with Crippen LogP contribution >= 0.6 is 0 Å². The van der Waals surface area contributed by atoms with Crippen LogP contribution in [-0.4, -0.2) is 29.2 Å². The van der Waals surface area contributed by atoms with E-state index in [-0.39, 0.29) is 12.1 Å². The summed E-state index contributed by atoms with van der Waals surface area (Å²) in [6.07, 6.45) is 4.01. The molecule has 16 heavy (non-hydrogen) atoms. The van der Waals surface area contributed by atoms with Crippen molar-refractivity contribution in [1.82, 2.24) is 15.3 Å². The molecular formula is C11H15N3O2. The van der Waals surface area contributed by atoms with Crippen LogP contribution in [0.3, 0.4) is 0 Å². The lowest BCUT2D eigenvalue weighted by Gasteiger charge is -2.29. The van der Waals surface area contributed by atoms with Crippen LogP contribution in [0.2, 0.25) is 0 Å². The third kappa shape index (κ3) is 1.43. The van der Waals surface area contributed by atoms with E-state index in [9.17, 15) is 0 Å². The number of methoxy groups -OCH3 is 1. The molecule has 5 nitrogen and oxygen atoms in total. The standard InChI is InChI=1S/C11H15N3O2/c1-6-3-4-7-9(13-6)10-11(16-7)14-8(15-2)5-12-10/h5-7,9,13H,3-4H2,1-2H3/t6-,7+,9-/m0/s1. The maximum absolute atomic E-state index is 5.79. The van der Waals surface area contributed by atoms with Crippen LogP contribution in [0.4, 0.5) is 0 Å². The molecule has 0 aliphatic carbocycles. The molecule has 5 heteroatoms. The van der Waals surface area contributed by atoms with Crippen LogP contribution in [0.15, 0.2) is 6.20 Å². The first-order chi connectivity index (χ1) is 7.78. The van der Waals surface area contributed by atoms with Gasteiger partial charge in [-0.2, -0.15) is 4.98 Å². The first kappa shape index (κ1) is 9.84. The second kappa shape index (κ2) is 3.59. The van der Waals surface area contributed by atoms with E-state index in [0.717, 1.165) is 18.5 Å². The fraction of sp³-hybridized carbons (Fsp3) is 0.636. The van der Waals surface area contributed by atoms with Crippen LogP contribution < -0.4 is 14.8 Å². The third-order valence-corrected chi connectivity index (χ3v) is 3.23. The Morgan fingerprint density at radius 1 is 1.50 bits per heavy atom. The molecule has 1 saturated heterocycles. The molecule has 3 atom stereocenters. The number of hydrogen-bond acceptors (Lipinski definition) is 5. The van der Waals surface area contributed by atoms with Crippen molar-refractivity contribution < 1.29 is 9.47 Å². The summed E-state index contributed by atoms with van der Waals surface area (Å²) in [4.78, 5) is 8.65. The third-order valence-electron chi connectivity index (χ3n) is 3.23. The number of fused-ring (bicyclic) bond motifs is 3. The zero-order chi connectivity index (χ0) is 11.1. The van der Waals surface area contributed by atoms with Gasteiger partial charge in [0.25, 0.3) is 0 Å². The zero-order valence-electron chi connectivity index (χ0n) is 9.43. The topological polar surface area (TPSA) is 56.3 Å². The molecule has 0 amide bonds. The van der Waals surface area contributed by atoms with Crippen molar-refractivity contribution in [3.63, 3.8) is 0 Å². The van der Waals surface area contributed by atoms with E-state index in [2.05, 4.69) is 22.2 Å². The molecular weight excluding hydrogens is 206 g/mol. The normalized spacial score (nSPS) is 31.5. The molecule has 1 aromatic rings. The van der Waals surface area contributed by atoms with Crippen molar-refractivity contribution in [3.8, 4) is 11.8 Å². The Kier molecular flexibility index (Phi) is 2.21. The molecule has 0 spiro atoms. The molecule has 86 valence electrons. The van der Waals surface area contributed by atoms with Gasteiger partial charge in [0, 0.05) is 6.04 Å². The van der Waals surface area contributed by atoms with Crippen molar-refractivity contribution in [2.75, 3.05) is 7.11 Å². The minimum Gasteiger partial charge on any atom is -0.480 e. The number of piperidine rings is 1. The number of hydrogen-bond donors (Lipinski definition) is 1. The number of aromatic nitrogens is 2. The van der Waals surface area contributed by atoms with Crippen molar-refractivity contribution >= 4 is 0 Å². The van der Waals surface area contributed by atoms with E-state index >= 15 is 0 Å². The largest absolute Gasteiger partial charge is 0.480 e. The first-order valence-electron chi connectivity index (χ1n) is 5.61. The lowest BCUT2D eigenvalue weighted by molar-refractivity contribution is 0.133. The fourth-order valence-corrected chi connectivity index (χ4v) is 2.37. The Labute approximate surface area is 94.2 Å². The highest BCUT2D eigenvalue weighted by Crippen LogP contribution is 2.39. The Morgan fingerprint density at radius 3 is 3.19 bits per heavy atom. The quantitative estimate of drug-likeness (QED) is 0.768. The van der Waals surface area contributed by atoms with Crippen LogP contribution in [0.1, 0.15) is 31.5 Å². The average Bonchev–Trinajstić information content (AvgIpc) is 2.66. The van der Waals surface area contributed by atoms with Crippen molar-refractivity contribution in [3.05, 3.63) is 11.9 Å². The van der Waals surface area contributed by atoms with Gasteiger partial charge >= 0.3 is 0 Å². The summed E-state index contributed by atoms with van der Waals surface area (Å²) in [7, 11) is 1.58. The summed E-state index contributed by atoms with van der Waals surface area (Å²) in [6.45, 7) is 2.19. The summed E-state index contributed by atoms with van der Waals surface area (Å²) in [5.41, 5.74) is 0.914. The number of ether oxygens (including phenoxy) is 2. The Balaban J connectivity index is 1.94. The SMILES string of the molecule is COc1cnc2c(n1)O[C@@H]1CC[C@H](C)N[C@H]21. The monoisotopic (exact) mass is 221 g/mol. The summed E-state index contributed by atoms with van der Waals surface area (Å²) in [5, 5.41) is 3.50. The second-order valence-corrected chi connectivity index (χ2v) is 4.38. The number of nitrogens with one attached hydrogen (secondary N) is 1. The highest BCUT2D eigenvalue weighted by molar-refractivity contribution is 5.31. The fourth-order valence-electron chi connectivity index (χ4n) is 2.37. The lowest BCUT2D eigenvalue weighted by Crippen LogP contribution is -2.42. The maximum atomic E-state index is 5.79. The van der Waals surface area contributed by atoms with Crippen LogP contribution in [0.5, 0.6) is 11.8 Å². The molecule has 0 unspecified atom stereocenters. The number of rotatable bonds is 1. The van der Waals surface area contributed by atoms with Gasteiger partial charge in [0.1, 0.15) is 11.8 Å². The van der Waals surface area contributed by atoms with E-state index in [4.69, 9.17) is 9.47 Å². The average molecular weight is 221 g/mol. The molecule has 1 fully saturated rings.